The Bertz CT molecular complexity index is 2530. The third-order valence-corrected chi connectivity index (χ3v) is 10.2. The van der Waals surface area contributed by atoms with Gasteiger partial charge in [0.05, 0.1) is 0 Å². The third kappa shape index (κ3) is 4.88. The number of furan rings is 1. The van der Waals surface area contributed by atoms with E-state index in [-0.39, 0.29) is 12.0 Å². The molecule has 8 aromatic rings. The average Bonchev–Trinajstić information content (AvgIpc) is 3.77. The second-order valence-electron chi connectivity index (χ2n) is 13.2. The lowest BCUT2D eigenvalue weighted by atomic mass is 9.87. The molecule has 7 aromatic carbocycles. The van der Waals surface area contributed by atoms with Gasteiger partial charge in [-0.15, -0.1) is 0 Å². The van der Waals surface area contributed by atoms with Gasteiger partial charge in [-0.2, -0.15) is 0 Å². The zero-order valence-corrected chi connectivity index (χ0v) is 27.3. The molecule has 1 aliphatic heterocycles. The molecule has 1 aromatic heterocycles. The highest BCUT2D eigenvalue weighted by Gasteiger charge is 2.36. The minimum Gasteiger partial charge on any atom is -0.481 e. The minimum atomic E-state index is -0.0255. The first kappa shape index (κ1) is 28.6. The largest absolute Gasteiger partial charge is 0.481 e. The Morgan fingerprint density at radius 1 is 0.420 bits per heavy atom. The third-order valence-electron chi connectivity index (χ3n) is 10.2. The Morgan fingerprint density at radius 2 is 0.960 bits per heavy atom. The molecule has 2 unspecified atom stereocenters. The molecule has 10 rings (SSSR count). The molecule has 0 saturated carbocycles. The molecule has 0 bridgehead atoms. The van der Waals surface area contributed by atoms with Gasteiger partial charge in [-0.3, -0.25) is 0 Å². The summed E-state index contributed by atoms with van der Waals surface area (Å²) in [5, 5.41) is 2.18. The van der Waals surface area contributed by atoms with Gasteiger partial charge in [-0.25, -0.2) is 0 Å². The molecule has 0 radical (unpaired) electrons. The number of hydrogen-bond acceptors (Lipinski definition) is 2. The summed E-state index contributed by atoms with van der Waals surface area (Å²) in [7, 11) is 0. The highest BCUT2D eigenvalue weighted by atomic mass is 16.5. The molecule has 2 heterocycles. The predicted molar refractivity (Wildman–Crippen MR) is 206 cm³/mol. The van der Waals surface area contributed by atoms with Crippen LogP contribution in [0.2, 0.25) is 0 Å². The lowest BCUT2D eigenvalue weighted by Crippen LogP contribution is -2.16. The summed E-state index contributed by atoms with van der Waals surface area (Å²) in [6.45, 7) is 0. The van der Waals surface area contributed by atoms with Gasteiger partial charge in [0.25, 0.3) is 0 Å². The molecule has 2 nitrogen and oxygen atoms in total. The van der Waals surface area contributed by atoms with Gasteiger partial charge in [0.2, 0.25) is 0 Å². The van der Waals surface area contributed by atoms with E-state index in [4.69, 9.17) is 9.15 Å². The van der Waals surface area contributed by atoms with Crippen molar-refractivity contribution < 1.29 is 9.15 Å². The molecule has 236 valence electrons. The molecule has 2 atom stereocenters. The number of allylic oxidation sites excluding steroid dienone is 2. The van der Waals surface area contributed by atoms with E-state index in [2.05, 4.69) is 182 Å². The van der Waals surface area contributed by atoms with Crippen LogP contribution >= 0.6 is 0 Å². The normalized spacial score (nSPS) is 16.2. The van der Waals surface area contributed by atoms with Crippen LogP contribution in [0.15, 0.2) is 186 Å². The first-order valence-corrected chi connectivity index (χ1v) is 17.2. The van der Waals surface area contributed by atoms with Gasteiger partial charge < -0.3 is 9.15 Å². The molecule has 0 N–H and O–H groups in total. The van der Waals surface area contributed by atoms with E-state index in [1.165, 1.54) is 55.6 Å². The first-order chi connectivity index (χ1) is 24.7. The maximum atomic E-state index is 6.56. The Labute approximate surface area is 291 Å². The highest BCUT2D eigenvalue weighted by Crippen LogP contribution is 2.49. The quantitative estimate of drug-likeness (QED) is 0.187. The second-order valence-corrected chi connectivity index (χ2v) is 13.2. The van der Waals surface area contributed by atoms with E-state index in [1.54, 1.807) is 0 Å². The molecule has 2 aliphatic rings. The van der Waals surface area contributed by atoms with Crippen LogP contribution in [0.25, 0.3) is 72.0 Å². The van der Waals surface area contributed by atoms with Crippen LogP contribution < -0.4 is 4.74 Å². The van der Waals surface area contributed by atoms with Gasteiger partial charge >= 0.3 is 0 Å². The summed E-state index contributed by atoms with van der Waals surface area (Å²) in [6.07, 6.45) is 6.67. The number of rotatable bonds is 5. The van der Waals surface area contributed by atoms with Gasteiger partial charge in [-0.05, 0) is 98.1 Å². The summed E-state index contributed by atoms with van der Waals surface area (Å²) in [5.74, 6) is 1.02. The van der Waals surface area contributed by atoms with Crippen LogP contribution in [0, 0.1) is 0 Å². The van der Waals surface area contributed by atoms with Crippen molar-refractivity contribution in [3.8, 4) is 50.3 Å². The lowest BCUT2D eigenvalue weighted by Gasteiger charge is -2.18. The standard InChI is InChI=1S/C48H32O2/c1-4-10-31(11-5-1)36-20-24-45-43(29-36)41-22-23-42-44-30-37(21-25-46(44)50-48(42)47(41)49-45)34-16-18-35(19-17-34)40-27-38(32-12-6-2-7-13-32)26-39(28-40)33-14-8-3-9-15-33/h1-30,43,45H. The van der Waals surface area contributed by atoms with Gasteiger partial charge in [0.15, 0.2) is 11.3 Å². The fourth-order valence-electron chi connectivity index (χ4n) is 7.64. The summed E-state index contributed by atoms with van der Waals surface area (Å²) >= 11 is 0. The summed E-state index contributed by atoms with van der Waals surface area (Å²) in [6, 6.07) is 58.5. The van der Waals surface area contributed by atoms with Gasteiger partial charge in [0, 0.05) is 22.3 Å². The Hall–Kier alpha value is -6.38. The molecular weight excluding hydrogens is 609 g/mol. The van der Waals surface area contributed by atoms with Crippen molar-refractivity contribution >= 4 is 27.5 Å². The highest BCUT2D eigenvalue weighted by molar-refractivity contribution is 6.09. The average molecular weight is 641 g/mol. The van der Waals surface area contributed by atoms with E-state index < -0.39 is 0 Å². The van der Waals surface area contributed by atoms with Crippen molar-refractivity contribution in [2.45, 2.75) is 12.0 Å². The fraction of sp³-hybridized carbons (Fsp3) is 0.0417. The zero-order valence-electron chi connectivity index (χ0n) is 27.3. The number of benzene rings is 7. The van der Waals surface area contributed by atoms with Crippen LogP contribution in [-0.2, 0) is 0 Å². The molecule has 0 spiro atoms. The zero-order chi connectivity index (χ0) is 33.0. The first-order valence-electron chi connectivity index (χ1n) is 17.2. The topological polar surface area (TPSA) is 22.4 Å². The van der Waals surface area contributed by atoms with Crippen LogP contribution in [-0.4, -0.2) is 6.10 Å². The lowest BCUT2D eigenvalue weighted by molar-refractivity contribution is 0.269. The Kier molecular flexibility index (Phi) is 6.67. The molecule has 0 amide bonds. The van der Waals surface area contributed by atoms with Crippen molar-refractivity contribution in [2.75, 3.05) is 0 Å². The van der Waals surface area contributed by atoms with Crippen LogP contribution in [0.1, 0.15) is 17.0 Å². The number of hydrogen-bond donors (Lipinski definition) is 0. The second kappa shape index (κ2) is 11.6. The maximum absolute atomic E-state index is 6.56. The van der Waals surface area contributed by atoms with Crippen molar-refractivity contribution in [1.29, 1.82) is 0 Å². The summed E-state index contributed by atoms with van der Waals surface area (Å²) in [4.78, 5) is 0. The molecule has 1 aliphatic carbocycles. The number of ether oxygens (including phenoxy) is 1. The van der Waals surface area contributed by atoms with Crippen molar-refractivity contribution in [3.05, 3.63) is 193 Å². The van der Waals surface area contributed by atoms with Crippen LogP contribution in [0.4, 0.5) is 0 Å². The van der Waals surface area contributed by atoms with E-state index in [0.717, 1.165) is 33.3 Å². The van der Waals surface area contributed by atoms with Gasteiger partial charge in [-0.1, -0.05) is 140 Å². The summed E-state index contributed by atoms with van der Waals surface area (Å²) in [5.41, 5.74) is 14.9. The van der Waals surface area contributed by atoms with E-state index in [9.17, 15) is 0 Å². The minimum absolute atomic E-state index is 0.0255. The monoisotopic (exact) mass is 640 g/mol. The number of fused-ring (bicyclic) bond motifs is 7. The Morgan fingerprint density at radius 3 is 1.58 bits per heavy atom. The predicted octanol–water partition coefficient (Wildman–Crippen LogP) is 12.8. The van der Waals surface area contributed by atoms with Gasteiger partial charge in [0.1, 0.15) is 11.7 Å². The fourth-order valence-corrected chi connectivity index (χ4v) is 7.64. The Balaban J connectivity index is 0.993. The molecular formula is C48H32O2. The van der Waals surface area contributed by atoms with Crippen LogP contribution in [0.3, 0.4) is 0 Å². The SMILES string of the molecule is C1=CC2Oc3c(ccc4c3oc3ccc(-c5ccc(-c6cc(-c7ccccc7)cc(-c7ccccc7)c6)cc5)cc34)C2C=C1c1ccccc1. The molecule has 0 fully saturated rings. The van der Waals surface area contributed by atoms with E-state index in [1.807, 2.05) is 0 Å². The van der Waals surface area contributed by atoms with Crippen molar-refractivity contribution in [1.82, 2.24) is 0 Å². The molecule has 2 heteroatoms. The van der Waals surface area contributed by atoms with E-state index >= 15 is 0 Å². The van der Waals surface area contributed by atoms with E-state index in [0.29, 0.717) is 0 Å². The van der Waals surface area contributed by atoms with Crippen molar-refractivity contribution in [3.63, 3.8) is 0 Å². The van der Waals surface area contributed by atoms with Crippen LogP contribution in [0.5, 0.6) is 5.75 Å². The van der Waals surface area contributed by atoms with Crippen molar-refractivity contribution in [2.24, 2.45) is 0 Å². The molecule has 0 saturated heterocycles. The maximum Gasteiger partial charge on any atom is 0.177 e. The summed E-state index contributed by atoms with van der Waals surface area (Å²) < 4.78 is 13.1. The molecule has 50 heavy (non-hydrogen) atoms. The smallest absolute Gasteiger partial charge is 0.177 e.